The van der Waals surface area contributed by atoms with Gasteiger partial charge in [-0.3, -0.25) is 4.98 Å². The van der Waals surface area contributed by atoms with Gasteiger partial charge in [0.2, 0.25) is 0 Å². The zero-order valence-electron chi connectivity index (χ0n) is 10.6. The molecule has 1 unspecified atom stereocenters. The molecule has 1 N–H and O–H groups in total. The van der Waals surface area contributed by atoms with Crippen LogP contribution >= 0.6 is 31.9 Å². The number of hydrogen-bond acceptors (Lipinski definition) is 2. The molecule has 0 aliphatic carbocycles. The number of hydrogen-bond donors (Lipinski definition) is 1. The number of nitrogens with one attached hydrogen (secondary N) is 1. The Labute approximate surface area is 132 Å². The fourth-order valence-corrected chi connectivity index (χ4v) is 3.34. The van der Waals surface area contributed by atoms with Gasteiger partial charge in [-0.2, -0.15) is 0 Å². The number of benzene rings is 2. The first kappa shape index (κ1) is 13.6. The second-order valence-corrected chi connectivity index (χ2v) is 6.46. The minimum absolute atomic E-state index is 0.0459. The van der Waals surface area contributed by atoms with Crippen molar-refractivity contribution in [3.05, 3.63) is 68.1 Å². The third-order valence-corrected chi connectivity index (χ3v) is 4.77. The molecule has 0 bridgehead atoms. The smallest absolute Gasteiger partial charge is 0.408 e. The van der Waals surface area contributed by atoms with E-state index in [2.05, 4.69) is 55.9 Å². The van der Waals surface area contributed by atoms with Gasteiger partial charge in [-0.15, -0.1) is 0 Å². The minimum atomic E-state index is -0.429. The normalized spacial score (nSPS) is 12.8. The summed E-state index contributed by atoms with van der Waals surface area (Å²) in [6, 6.07) is 11.9. The molecule has 5 heteroatoms. The number of rotatable bonds is 2. The largest absolute Gasteiger partial charge is 0.417 e. The monoisotopic (exact) mass is 395 g/mol. The van der Waals surface area contributed by atoms with Crippen LogP contribution in [0.3, 0.4) is 0 Å². The zero-order chi connectivity index (χ0) is 14.3. The molecule has 3 aromatic rings. The van der Waals surface area contributed by atoms with E-state index in [1.165, 1.54) is 11.1 Å². The topological polar surface area (TPSA) is 46.0 Å². The van der Waals surface area contributed by atoms with Crippen LogP contribution in [0.4, 0.5) is 0 Å². The molecule has 0 aliphatic rings. The van der Waals surface area contributed by atoms with Gasteiger partial charge in [0, 0.05) is 4.47 Å². The van der Waals surface area contributed by atoms with E-state index < -0.39 is 5.76 Å². The molecule has 0 aliphatic heterocycles. The summed E-state index contributed by atoms with van der Waals surface area (Å²) in [5, 5.41) is 0. The Morgan fingerprint density at radius 1 is 1.20 bits per heavy atom. The minimum Gasteiger partial charge on any atom is -0.408 e. The summed E-state index contributed by atoms with van der Waals surface area (Å²) in [6.45, 7) is 2.07. The summed E-state index contributed by atoms with van der Waals surface area (Å²) in [5.74, 6) is -0.429. The van der Waals surface area contributed by atoms with Crippen molar-refractivity contribution >= 4 is 43.0 Å². The number of aromatic nitrogens is 1. The average molecular weight is 397 g/mol. The average Bonchev–Trinajstić information content (AvgIpc) is 2.79. The number of halogens is 2. The number of aromatic amines is 1. The lowest BCUT2D eigenvalue weighted by Crippen LogP contribution is -1.96. The van der Waals surface area contributed by atoms with Gasteiger partial charge in [0.15, 0.2) is 5.58 Å². The molecular formula is C15H11Br2NO2. The molecule has 0 radical (unpaired) electrons. The van der Waals surface area contributed by atoms with Gasteiger partial charge in [-0.25, -0.2) is 4.79 Å². The Hall–Kier alpha value is -1.33. The van der Waals surface area contributed by atoms with Crippen LogP contribution < -0.4 is 5.76 Å². The first-order valence-corrected chi connectivity index (χ1v) is 7.78. The molecule has 0 spiro atoms. The van der Waals surface area contributed by atoms with E-state index in [-0.39, 0.29) is 4.83 Å². The van der Waals surface area contributed by atoms with E-state index in [4.69, 9.17) is 4.42 Å². The van der Waals surface area contributed by atoms with E-state index in [0.29, 0.717) is 11.1 Å². The molecule has 3 rings (SSSR count). The molecule has 20 heavy (non-hydrogen) atoms. The van der Waals surface area contributed by atoms with E-state index in [1.54, 1.807) is 0 Å². The summed E-state index contributed by atoms with van der Waals surface area (Å²) in [7, 11) is 0. The number of H-pyrrole nitrogens is 1. The van der Waals surface area contributed by atoms with Gasteiger partial charge in [-0.05, 0) is 47.9 Å². The van der Waals surface area contributed by atoms with Crippen molar-refractivity contribution in [3.8, 4) is 0 Å². The Morgan fingerprint density at radius 3 is 2.80 bits per heavy atom. The third kappa shape index (κ3) is 2.47. The molecule has 0 amide bonds. The summed E-state index contributed by atoms with van der Waals surface area (Å²) < 4.78 is 6.15. The predicted molar refractivity (Wildman–Crippen MR) is 86.5 cm³/mol. The third-order valence-electron chi connectivity index (χ3n) is 3.25. The van der Waals surface area contributed by atoms with Crippen molar-refractivity contribution < 1.29 is 4.42 Å². The first-order valence-electron chi connectivity index (χ1n) is 6.07. The molecule has 1 aromatic heterocycles. The maximum Gasteiger partial charge on any atom is 0.417 e. The lowest BCUT2D eigenvalue weighted by molar-refractivity contribution is 0.555. The van der Waals surface area contributed by atoms with Crippen molar-refractivity contribution in [2.24, 2.45) is 0 Å². The second kappa shape index (κ2) is 5.22. The quantitative estimate of drug-likeness (QED) is 0.639. The fraction of sp³-hybridized carbons (Fsp3) is 0.133. The lowest BCUT2D eigenvalue weighted by Gasteiger charge is -2.14. The second-order valence-electron chi connectivity index (χ2n) is 4.63. The predicted octanol–water partition coefficient (Wildman–Crippen LogP) is 4.68. The molecule has 2 aromatic carbocycles. The lowest BCUT2D eigenvalue weighted by atomic mass is 10.0. The molecule has 0 saturated carbocycles. The Bertz CT molecular complexity index is 835. The first-order chi connectivity index (χ1) is 9.54. The molecule has 1 heterocycles. The number of oxazole rings is 1. The number of alkyl halides is 1. The van der Waals surface area contributed by atoms with Crippen LogP contribution in [0.1, 0.15) is 21.5 Å². The SMILES string of the molecule is Cc1ccc(Br)cc1C(Br)c1ccc2[nH]c(=O)oc2c1. The van der Waals surface area contributed by atoms with Gasteiger partial charge < -0.3 is 4.42 Å². The Kier molecular flexibility index (Phi) is 3.56. The maximum absolute atomic E-state index is 11.2. The van der Waals surface area contributed by atoms with Crippen molar-refractivity contribution in [2.75, 3.05) is 0 Å². The van der Waals surface area contributed by atoms with Gasteiger partial charge >= 0.3 is 5.76 Å². The molecular weight excluding hydrogens is 386 g/mol. The van der Waals surface area contributed by atoms with Crippen LogP contribution in [0.5, 0.6) is 0 Å². The molecule has 0 saturated heterocycles. The van der Waals surface area contributed by atoms with Crippen molar-refractivity contribution in [3.63, 3.8) is 0 Å². The van der Waals surface area contributed by atoms with Crippen LogP contribution in [0, 0.1) is 6.92 Å². The molecule has 3 nitrogen and oxygen atoms in total. The Morgan fingerprint density at radius 2 is 2.00 bits per heavy atom. The highest BCUT2D eigenvalue weighted by molar-refractivity contribution is 9.10. The number of fused-ring (bicyclic) bond motifs is 1. The maximum atomic E-state index is 11.2. The summed E-state index contributed by atoms with van der Waals surface area (Å²) in [5.41, 5.74) is 4.71. The van der Waals surface area contributed by atoms with Gasteiger partial charge in [0.05, 0.1) is 10.3 Å². The summed E-state index contributed by atoms with van der Waals surface area (Å²) in [6.07, 6.45) is 0. The summed E-state index contributed by atoms with van der Waals surface area (Å²) in [4.78, 5) is 13.9. The van der Waals surface area contributed by atoms with Crippen LogP contribution in [-0.4, -0.2) is 4.98 Å². The highest BCUT2D eigenvalue weighted by Crippen LogP contribution is 2.35. The highest BCUT2D eigenvalue weighted by atomic mass is 79.9. The van der Waals surface area contributed by atoms with Crippen LogP contribution in [-0.2, 0) is 0 Å². The van der Waals surface area contributed by atoms with Crippen molar-refractivity contribution in [1.82, 2.24) is 4.98 Å². The zero-order valence-corrected chi connectivity index (χ0v) is 13.8. The van der Waals surface area contributed by atoms with E-state index in [0.717, 1.165) is 10.0 Å². The summed E-state index contributed by atoms with van der Waals surface area (Å²) >= 11 is 7.22. The van der Waals surface area contributed by atoms with E-state index in [1.807, 2.05) is 24.3 Å². The van der Waals surface area contributed by atoms with Crippen LogP contribution in [0.2, 0.25) is 0 Å². The van der Waals surface area contributed by atoms with Crippen LogP contribution in [0.15, 0.2) is 50.1 Å². The van der Waals surface area contributed by atoms with E-state index >= 15 is 0 Å². The van der Waals surface area contributed by atoms with Crippen molar-refractivity contribution in [1.29, 1.82) is 0 Å². The van der Waals surface area contributed by atoms with Crippen molar-refractivity contribution in [2.45, 2.75) is 11.8 Å². The highest BCUT2D eigenvalue weighted by Gasteiger charge is 2.14. The fourth-order valence-electron chi connectivity index (χ4n) is 2.18. The van der Waals surface area contributed by atoms with Gasteiger partial charge in [0.25, 0.3) is 0 Å². The number of aryl methyl sites for hydroxylation is 1. The van der Waals surface area contributed by atoms with Crippen LogP contribution in [0.25, 0.3) is 11.1 Å². The Balaban J connectivity index is 2.09. The molecule has 0 fully saturated rings. The van der Waals surface area contributed by atoms with Gasteiger partial charge in [0.1, 0.15) is 0 Å². The molecule has 102 valence electrons. The van der Waals surface area contributed by atoms with E-state index in [9.17, 15) is 4.79 Å². The van der Waals surface area contributed by atoms with Gasteiger partial charge in [-0.1, -0.05) is 44.0 Å². The standard InChI is InChI=1S/C15H11Br2NO2/c1-8-2-4-10(16)7-11(8)14(17)9-3-5-12-13(6-9)20-15(19)18-12/h2-7,14H,1H3,(H,18,19). The molecule has 1 atom stereocenters.